The van der Waals surface area contributed by atoms with E-state index in [-0.39, 0.29) is 11.6 Å². The Morgan fingerprint density at radius 1 is 1.20 bits per heavy atom. The van der Waals surface area contributed by atoms with Gasteiger partial charge in [0.25, 0.3) is 5.56 Å². The van der Waals surface area contributed by atoms with E-state index in [4.69, 9.17) is 0 Å². The maximum Gasteiger partial charge on any atom is 0.328 e. The van der Waals surface area contributed by atoms with E-state index in [1.54, 1.807) is 0 Å². The van der Waals surface area contributed by atoms with Crippen LogP contribution in [-0.4, -0.2) is 41.9 Å². The predicted molar refractivity (Wildman–Crippen MR) is 96.9 cm³/mol. The molecule has 0 saturated heterocycles. The molecular formula is C18H30N4O3. The van der Waals surface area contributed by atoms with Gasteiger partial charge in [-0.1, -0.05) is 25.7 Å². The molecular weight excluding hydrogens is 320 g/mol. The molecule has 0 amide bonds. The van der Waals surface area contributed by atoms with E-state index in [0.29, 0.717) is 6.54 Å². The Morgan fingerprint density at radius 3 is 2.44 bits per heavy atom. The lowest BCUT2D eigenvalue weighted by Gasteiger charge is -2.25. The van der Waals surface area contributed by atoms with E-state index >= 15 is 0 Å². The van der Waals surface area contributed by atoms with Gasteiger partial charge < -0.3 is 14.6 Å². The number of hydrogen-bond donors (Lipinski definition) is 2. The van der Waals surface area contributed by atoms with Crippen molar-refractivity contribution in [3.63, 3.8) is 0 Å². The molecule has 140 valence electrons. The van der Waals surface area contributed by atoms with Crippen LogP contribution in [0.2, 0.25) is 0 Å². The first-order valence-electron chi connectivity index (χ1n) is 9.47. The van der Waals surface area contributed by atoms with E-state index in [0.717, 1.165) is 58.2 Å². The minimum absolute atomic E-state index is 0.0293. The third-order valence-corrected chi connectivity index (χ3v) is 5.14. The maximum atomic E-state index is 12.7. The van der Waals surface area contributed by atoms with Gasteiger partial charge in [-0.15, -0.1) is 0 Å². The van der Waals surface area contributed by atoms with Crippen LogP contribution < -0.4 is 21.3 Å². The summed E-state index contributed by atoms with van der Waals surface area (Å²) in [5.41, 5.74) is -1.26. The number of aromatic nitrogens is 2. The zero-order valence-corrected chi connectivity index (χ0v) is 15.3. The van der Waals surface area contributed by atoms with Gasteiger partial charge in [-0.05, 0) is 32.6 Å². The molecule has 0 atom stereocenters. The predicted octanol–water partition coefficient (Wildman–Crippen LogP) is -0.151. The van der Waals surface area contributed by atoms with E-state index in [9.17, 15) is 14.7 Å². The molecule has 2 rings (SSSR count). The molecule has 1 aromatic heterocycles. The minimum Gasteiger partial charge on any atom is -0.859 e. The third-order valence-electron chi connectivity index (χ3n) is 5.14. The number of aromatic amines is 1. The van der Waals surface area contributed by atoms with E-state index < -0.39 is 17.1 Å². The van der Waals surface area contributed by atoms with E-state index in [2.05, 4.69) is 23.8 Å². The van der Waals surface area contributed by atoms with Crippen LogP contribution in [0.5, 0.6) is 5.88 Å². The standard InChI is InChI=1S/C18H30N4O3/c1-3-21(4-2)12-11-19-13-15-16(23)20-18(25)22(17(15)24)14-9-7-5-6-8-10-14/h13-14,24H,3-12H2,1-2H3,(H,20,23,25). The minimum atomic E-state index is -0.640. The van der Waals surface area contributed by atoms with Gasteiger partial charge in [0.05, 0.1) is 31.7 Å². The summed E-state index contributed by atoms with van der Waals surface area (Å²) in [6.07, 6.45) is 7.23. The van der Waals surface area contributed by atoms with Gasteiger partial charge >= 0.3 is 5.69 Å². The molecule has 25 heavy (non-hydrogen) atoms. The van der Waals surface area contributed by atoms with Crippen LogP contribution in [0.4, 0.5) is 0 Å². The molecule has 1 aliphatic rings. The fourth-order valence-electron chi connectivity index (χ4n) is 3.49. The Balaban J connectivity index is 2.22. The van der Waals surface area contributed by atoms with E-state index in [1.165, 1.54) is 15.7 Å². The molecule has 1 saturated carbocycles. The largest absolute Gasteiger partial charge is 0.859 e. The first-order valence-corrected chi connectivity index (χ1v) is 9.47. The number of nitrogens with zero attached hydrogens (tertiary/aromatic N) is 2. The fraction of sp³-hybridized carbons (Fsp3) is 0.722. The average molecular weight is 350 g/mol. The van der Waals surface area contributed by atoms with Gasteiger partial charge in [0.15, 0.2) is 0 Å². The Labute approximate surface area is 148 Å². The summed E-state index contributed by atoms with van der Waals surface area (Å²) in [4.78, 5) is 32.2. The quantitative estimate of drug-likeness (QED) is 0.529. The Kier molecular flexibility index (Phi) is 7.43. The van der Waals surface area contributed by atoms with Crippen LogP contribution in [0.1, 0.15) is 64.0 Å². The highest BCUT2D eigenvalue weighted by atomic mass is 16.3. The summed E-state index contributed by atoms with van der Waals surface area (Å²) in [5.74, 6) is -0.500. The summed E-state index contributed by atoms with van der Waals surface area (Å²) in [6.45, 7) is 7.69. The Hall–Kier alpha value is -1.89. The van der Waals surface area contributed by atoms with Gasteiger partial charge in [0.2, 0.25) is 0 Å². The van der Waals surface area contributed by atoms with Gasteiger partial charge in [-0.25, -0.2) is 4.79 Å². The molecule has 1 aromatic rings. The number of H-pyrrole nitrogens is 1. The van der Waals surface area contributed by atoms with Crippen molar-refractivity contribution in [2.75, 3.05) is 26.2 Å². The smallest absolute Gasteiger partial charge is 0.328 e. The van der Waals surface area contributed by atoms with Crippen molar-refractivity contribution >= 4 is 6.21 Å². The molecule has 2 N–H and O–H groups in total. The average Bonchev–Trinajstić information content (AvgIpc) is 2.86. The summed E-state index contributed by atoms with van der Waals surface area (Å²) >= 11 is 0. The SMILES string of the molecule is CC[NH+](CC)CCN=Cc1c([O-])n(C2CCCCCC2)c(=O)[nH]c1=O. The van der Waals surface area contributed by atoms with Crippen LogP contribution in [0, 0.1) is 0 Å². The number of quaternary nitrogens is 1. The van der Waals surface area contributed by atoms with Crippen LogP contribution in [0.3, 0.4) is 0 Å². The molecule has 1 fully saturated rings. The van der Waals surface area contributed by atoms with Crippen molar-refractivity contribution in [1.82, 2.24) is 9.55 Å². The fourth-order valence-corrected chi connectivity index (χ4v) is 3.49. The molecule has 7 nitrogen and oxygen atoms in total. The van der Waals surface area contributed by atoms with Gasteiger partial charge in [-0.2, -0.15) is 0 Å². The highest BCUT2D eigenvalue weighted by Crippen LogP contribution is 2.28. The molecule has 0 radical (unpaired) electrons. The third kappa shape index (κ3) is 5.04. The highest BCUT2D eigenvalue weighted by molar-refractivity contribution is 5.81. The van der Waals surface area contributed by atoms with Crippen LogP contribution in [-0.2, 0) is 0 Å². The number of nitrogens with one attached hydrogen (secondary N) is 2. The second kappa shape index (κ2) is 9.56. The van der Waals surface area contributed by atoms with Crippen LogP contribution in [0.25, 0.3) is 0 Å². The first-order chi connectivity index (χ1) is 12.1. The monoisotopic (exact) mass is 350 g/mol. The van der Waals surface area contributed by atoms with Gasteiger partial charge in [0.1, 0.15) is 0 Å². The number of hydrogen-bond acceptors (Lipinski definition) is 4. The molecule has 0 unspecified atom stereocenters. The Morgan fingerprint density at radius 2 is 1.84 bits per heavy atom. The molecule has 0 bridgehead atoms. The van der Waals surface area contributed by atoms with Crippen LogP contribution >= 0.6 is 0 Å². The van der Waals surface area contributed by atoms with E-state index in [1.807, 2.05) is 0 Å². The molecule has 0 aromatic carbocycles. The number of aliphatic imine (C=N–C) groups is 1. The second-order valence-corrected chi connectivity index (χ2v) is 6.74. The van der Waals surface area contributed by atoms with Crippen molar-refractivity contribution in [3.8, 4) is 5.88 Å². The Bertz CT molecular complexity index is 681. The summed E-state index contributed by atoms with van der Waals surface area (Å²) < 4.78 is 1.24. The van der Waals surface area contributed by atoms with Crippen molar-refractivity contribution in [1.29, 1.82) is 0 Å². The molecule has 1 heterocycles. The number of rotatable bonds is 7. The maximum absolute atomic E-state index is 12.7. The van der Waals surface area contributed by atoms with Gasteiger partial charge in [-0.3, -0.25) is 14.8 Å². The summed E-state index contributed by atoms with van der Waals surface area (Å²) in [5, 5.41) is 12.7. The second-order valence-electron chi connectivity index (χ2n) is 6.74. The molecule has 1 aliphatic carbocycles. The van der Waals surface area contributed by atoms with Gasteiger partial charge in [0, 0.05) is 12.3 Å². The zero-order valence-electron chi connectivity index (χ0n) is 15.3. The first kappa shape index (κ1) is 19.4. The molecule has 0 spiro atoms. The van der Waals surface area contributed by atoms with Crippen molar-refractivity contribution in [3.05, 3.63) is 26.4 Å². The van der Waals surface area contributed by atoms with Crippen LogP contribution in [0.15, 0.2) is 14.6 Å². The summed E-state index contributed by atoms with van der Waals surface area (Å²) in [6, 6.07) is -0.119. The molecule has 0 aliphatic heterocycles. The zero-order chi connectivity index (χ0) is 18.2. The topological polar surface area (TPSA) is 94.7 Å². The lowest BCUT2D eigenvalue weighted by atomic mass is 10.1. The van der Waals surface area contributed by atoms with Crippen molar-refractivity contribution in [2.45, 2.75) is 58.4 Å². The number of likely N-dealkylation sites (N-methyl/N-ethyl adjacent to an activating group) is 1. The summed E-state index contributed by atoms with van der Waals surface area (Å²) in [7, 11) is 0. The lowest BCUT2D eigenvalue weighted by Crippen LogP contribution is -3.11. The highest BCUT2D eigenvalue weighted by Gasteiger charge is 2.18. The molecule has 7 heteroatoms. The normalized spacial score (nSPS) is 16.6. The van der Waals surface area contributed by atoms with Crippen molar-refractivity contribution < 1.29 is 10.0 Å². The van der Waals surface area contributed by atoms with Crippen molar-refractivity contribution in [2.24, 2.45) is 4.99 Å². The lowest BCUT2D eigenvalue weighted by molar-refractivity contribution is -0.894.